The Labute approximate surface area is 179 Å². The number of aliphatic hydroxyl groups is 1. The van der Waals surface area contributed by atoms with Gasteiger partial charge in [0.25, 0.3) is 0 Å². The SMILES string of the molecule is CCOC(=O)C1=C(COCCO)NC(c2nccs2)=NC1c1ccc(F)cc1Br. The van der Waals surface area contributed by atoms with E-state index in [0.29, 0.717) is 26.6 Å². The third kappa shape index (κ3) is 5.08. The number of thiazole rings is 1. The highest BCUT2D eigenvalue weighted by molar-refractivity contribution is 9.10. The highest BCUT2D eigenvalue weighted by atomic mass is 79.9. The zero-order valence-corrected chi connectivity index (χ0v) is 17.9. The molecule has 29 heavy (non-hydrogen) atoms. The molecule has 0 saturated heterocycles. The molecule has 3 rings (SSSR count). The molecule has 2 aromatic rings. The smallest absolute Gasteiger partial charge is 0.338 e. The molecule has 0 spiro atoms. The van der Waals surface area contributed by atoms with Gasteiger partial charge in [-0.25, -0.2) is 14.2 Å². The van der Waals surface area contributed by atoms with Crippen LogP contribution in [-0.4, -0.2) is 48.3 Å². The van der Waals surface area contributed by atoms with Crippen LogP contribution >= 0.6 is 27.3 Å². The van der Waals surface area contributed by atoms with Crippen LogP contribution in [0.5, 0.6) is 0 Å². The summed E-state index contributed by atoms with van der Waals surface area (Å²) in [6.07, 6.45) is 1.65. The van der Waals surface area contributed by atoms with Crippen LogP contribution < -0.4 is 5.32 Å². The molecule has 154 valence electrons. The summed E-state index contributed by atoms with van der Waals surface area (Å²) in [6, 6.07) is 3.45. The highest BCUT2D eigenvalue weighted by Crippen LogP contribution is 2.36. The number of ether oxygens (including phenoxy) is 2. The number of aliphatic hydroxyl groups excluding tert-OH is 1. The minimum absolute atomic E-state index is 0.0361. The molecule has 0 radical (unpaired) electrons. The van der Waals surface area contributed by atoms with Crippen molar-refractivity contribution in [3.05, 3.63) is 61.9 Å². The number of nitrogens with zero attached hydrogens (tertiary/aromatic N) is 2. The van der Waals surface area contributed by atoms with Crippen LogP contribution in [0.4, 0.5) is 4.39 Å². The normalized spacial score (nSPS) is 16.4. The number of rotatable bonds is 8. The molecule has 1 aliphatic heterocycles. The molecule has 2 heterocycles. The van der Waals surface area contributed by atoms with E-state index in [4.69, 9.17) is 14.6 Å². The molecule has 1 aromatic carbocycles. The summed E-state index contributed by atoms with van der Waals surface area (Å²) in [7, 11) is 0. The maximum Gasteiger partial charge on any atom is 0.338 e. The van der Waals surface area contributed by atoms with E-state index in [2.05, 4.69) is 31.2 Å². The monoisotopic (exact) mass is 483 g/mol. The van der Waals surface area contributed by atoms with Crippen molar-refractivity contribution in [3.63, 3.8) is 0 Å². The molecule has 0 saturated carbocycles. The van der Waals surface area contributed by atoms with E-state index in [0.717, 1.165) is 0 Å². The molecule has 10 heteroatoms. The van der Waals surface area contributed by atoms with E-state index in [9.17, 15) is 9.18 Å². The van der Waals surface area contributed by atoms with Gasteiger partial charge in [-0.3, -0.25) is 4.99 Å². The summed E-state index contributed by atoms with van der Waals surface area (Å²) in [6.45, 7) is 1.89. The molecule has 0 aliphatic carbocycles. The lowest BCUT2D eigenvalue weighted by molar-refractivity contribution is -0.139. The first kappa shape index (κ1) is 21.6. The van der Waals surface area contributed by atoms with Crippen LogP contribution in [0.3, 0.4) is 0 Å². The number of esters is 1. The number of carbonyl (C=O) groups excluding carboxylic acids is 1. The molecule has 0 amide bonds. The first-order valence-electron chi connectivity index (χ1n) is 8.83. The lowest BCUT2D eigenvalue weighted by Crippen LogP contribution is -2.36. The van der Waals surface area contributed by atoms with Crippen LogP contribution in [0.2, 0.25) is 0 Å². The van der Waals surface area contributed by atoms with Gasteiger partial charge in [-0.05, 0) is 24.6 Å². The molecule has 2 N–H and O–H groups in total. The standard InChI is InChI=1S/C19H19BrFN3O4S/c1-2-28-19(26)15-14(10-27-7-6-25)23-17(18-22-5-8-29-18)24-16(15)12-4-3-11(21)9-13(12)20/h3-5,8-9,16,25H,2,6-7,10H2,1H3,(H,23,24). The number of carbonyl (C=O) groups is 1. The predicted molar refractivity (Wildman–Crippen MR) is 110 cm³/mol. The first-order chi connectivity index (χ1) is 14.0. The number of aromatic nitrogens is 1. The van der Waals surface area contributed by atoms with Gasteiger partial charge >= 0.3 is 5.97 Å². The van der Waals surface area contributed by atoms with Gasteiger partial charge in [0.15, 0.2) is 10.8 Å². The molecule has 1 atom stereocenters. The third-order valence-electron chi connectivity index (χ3n) is 4.00. The lowest BCUT2D eigenvalue weighted by Gasteiger charge is -2.27. The second-order valence-corrected chi connectivity index (χ2v) is 7.65. The van der Waals surface area contributed by atoms with E-state index < -0.39 is 17.8 Å². The van der Waals surface area contributed by atoms with Crippen molar-refractivity contribution >= 4 is 39.1 Å². The van der Waals surface area contributed by atoms with E-state index in [1.165, 1.54) is 23.5 Å². The van der Waals surface area contributed by atoms with Crippen LogP contribution in [0.15, 0.2) is 50.5 Å². The summed E-state index contributed by atoms with van der Waals surface area (Å²) >= 11 is 4.76. The van der Waals surface area contributed by atoms with Crippen molar-refractivity contribution in [1.29, 1.82) is 0 Å². The van der Waals surface area contributed by atoms with Gasteiger partial charge in [-0.15, -0.1) is 11.3 Å². The Balaban J connectivity index is 2.11. The topological polar surface area (TPSA) is 93.0 Å². The summed E-state index contributed by atoms with van der Waals surface area (Å²) in [4.78, 5) is 21.8. The number of aliphatic imine (C=N–C) groups is 1. The van der Waals surface area contributed by atoms with Crippen molar-refractivity contribution < 1.29 is 23.8 Å². The highest BCUT2D eigenvalue weighted by Gasteiger charge is 2.34. The minimum Gasteiger partial charge on any atom is -0.463 e. The Kier molecular flexibility index (Phi) is 7.48. The van der Waals surface area contributed by atoms with Gasteiger partial charge in [0.1, 0.15) is 11.9 Å². The predicted octanol–water partition coefficient (Wildman–Crippen LogP) is 2.96. The number of hydrogen-bond donors (Lipinski definition) is 2. The molecule has 7 nitrogen and oxygen atoms in total. The first-order valence-corrected chi connectivity index (χ1v) is 10.5. The second kappa shape index (κ2) is 10.1. The van der Waals surface area contributed by atoms with E-state index >= 15 is 0 Å². The Morgan fingerprint density at radius 1 is 1.45 bits per heavy atom. The summed E-state index contributed by atoms with van der Waals surface area (Å²) < 4.78 is 24.8. The number of benzene rings is 1. The lowest BCUT2D eigenvalue weighted by atomic mass is 9.95. The summed E-state index contributed by atoms with van der Waals surface area (Å²) in [5.74, 6) is -0.491. The fraction of sp³-hybridized carbons (Fsp3) is 0.316. The molecule has 0 fully saturated rings. The molecular formula is C19H19BrFN3O4S. The maximum atomic E-state index is 13.6. The van der Waals surface area contributed by atoms with Crippen LogP contribution in [-0.2, 0) is 14.3 Å². The van der Waals surface area contributed by atoms with Gasteiger partial charge in [-0.2, -0.15) is 0 Å². The van der Waals surface area contributed by atoms with Gasteiger partial charge < -0.3 is 19.9 Å². The van der Waals surface area contributed by atoms with Gasteiger partial charge in [-0.1, -0.05) is 22.0 Å². The Hall–Kier alpha value is -2.14. The average molecular weight is 484 g/mol. The molecular weight excluding hydrogens is 465 g/mol. The molecule has 1 aliphatic rings. The quantitative estimate of drug-likeness (QED) is 0.442. The molecule has 1 aromatic heterocycles. The van der Waals surface area contributed by atoms with Gasteiger partial charge in [0.05, 0.1) is 37.7 Å². The number of amidine groups is 1. The fourth-order valence-electron chi connectivity index (χ4n) is 2.79. The largest absolute Gasteiger partial charge is 0.463 e. The number of hydrogen-bond acceptors (Lipinski definition) is 8. The number of nitrogens with one attached hydrogen (secondary N) is 1. The van der Waals surface area contributed by atoms with E-state index in [1.807, 2.05) is 5.38 Å². The van der Waals surface area contributed by atoms with Crippen molar-refractivity contribution in [2.75, 3.05) is 26.4 Å². The summed E-state index contributed by atoms with van der Waals surface area (Å²) in [5.41, 5.74) is 1.32. The average Bonchev–Trinajstić information content (AvgIpc) is 3.22. The third-order valence-corrected chi connectivity index (χ3v) is 5.46. The maximum absolute atomic E-state index is 13.6. The second-order valence-electron chi connectivity index (χ2n) is 5.90. The number of halogens is 2. The van der Waals surface area contributed by atoms with E-state index in [1.54, 1.807) is 19.2 Å². The zero-order chi connectivity index (χ0) is 20.8. The van der Waals surface area contributed by atoms with Crippen molar-refractivity contribution in [3.8, 4) is 0 Å². The van der Waals surface area contributed by atoms with Crippen molar-refractivity contribution in [2.24, 2.45) is 4.99 Å². The van der Waals surface area contributed by atoms with Crippen LogP contribution in [0.25, 0.3) is 0 Å². The minimum atomic E-state index is -0.753. The van der Waals surface area contributed by atoms with E-state index in [-0.39, 0.29) is 32.0 Å². The van der Waals surface area contributed by atoms with Crippen molar-refractivity contribution in [1.82, 2.24) is 10.3 Å². The van der Waals surface area contributed by atoms with Crippen molar-refractivity contribution in [2.45, 2.75) is 13.0 Å². The summed E-state index contributed by atoms with van der Waals surface area (Å²) in [5, 5.41) is 14.6. The Bertz CT molecular complexity index is 934. The van der Waals surface area contributed by atoms with Crippen LogP contribution in [0.1, 0.15) is 23.5 Å². The zero-order valence-electron chi connectivity index (χ0n) is 15.5. The van der Waals surface area contributed by atoms with Gasteiger partial charge in [0.2, 0.25) is 0 Å². The Morgan fingerprint density at radius 2 is 2.28 bits per heavy atom. The molecule has 1 unspecified atom stereocenters. The van der Waals surface area contributed by atoms with Gasteiger partial charge in [0, 0.05) is 16.0 Å². The van der Waals surface area contributed by atoms with Crippen LogP contribution in [0, 0.1) is 5.82 Å². The molecule has 0 bridgehead atoms. The Morgan fingerprint density at radius 3 is 2.93 bits per heavy atom. The fourth-order valence-corrected chi connectivity index (χ4v) is 3.95.